The molecule has 1 unspecified atom stereocenters. The molecule has 0 aliphatic heterocycles. The number of anilines is 1. The molecule has 0 aromatic heterocycles. The molecule has 4 N–H and O–H groups in total. The zero-order chi connectivity index (χ0) is 13.0. The Kier molecular flexibility index (Phi) is 4.81. The van der Waals surface area contributed by atoms with E-state index >= 15 is 0 Å². The third kappa shape index (κ3) is 3.36. The van der Waals surface area contributed by atoms with E-state index in [0.29, 0.717) is 0 Å². The molecule has 1 atom stereocenters. The van der Waals surface area contributed by atoms with Crippen LogP contribution in [0, 0.1) is 13.8 Å². The highest BCUT2D eigenvalue weighted by molar-refractivity contribution is 9.10. The molecule has 0 amide bonds. The first-order chi connectivity index (χ1) is 7.99. The predicted octanol–water partition coefficient (Wildman–Crippen LogP) is 3.00. The number of amidine groups is 1. The van der Waals surface area contributed by atoms with Crippen molar-refractivity contribution < 1.29 is 5.21 Å². The average Bonchev–Trinajstić information content (AvgIpc) is 2.31. The van der Waals surface area contributed by atoms with Gasteiger partial charge in [-0.15, -0.1) is 0 Å². The van der Waals surface area contributed by atoms with Crippen molar-refractivity contribution in [1.29, 1.82) is 0 Å². The summed E-state index contributed by atoms with van der Waals surface area (Å²) in [4.78, 5) is 0. The lowest BCUT2D eigenvalue weighted by Crippen LogP contribution is -2.35. The number of nitrogens with two attached hydrogens (primary N) is 1. The van der Waals surface area contributed by atoms with Crippen molar-refractivity contribution in [2.45, 2.75) is 33.2 Å². The summed E-state index contributed by atoms with van der Waals surface area (Å²) in [5, 5.41) is 15.0. The summed E-state index contributed by atoms with van der Waals surface area (Å²) in [6.07, 6.45) is 0.754. The normalized spacial score (nSPS) is 13.5. The van der Waals surface area contributed by atoms with Crippen molar-refractivity contribution in [1.82, 2.24) is 0 Å². The van der Waals surface area contributed by atoms with Crippen molar-refractivity contribution in [3.63, 3.8) is 0 Å². The van der Waals surface area contributed by atoms with Gasteiger partial charge in [0, 0.05) is 10.2 Å². The number of halogens is 1. The third-order valence-corrected chi connectivity index (χ3v) is 3.91. The highest BCUT2D eigenvalue weighted by Gasteiger charge is 2.12. The summed E-state index contributed by atoms with van der Waals surface area (Å²) < 4.78 is 1.11. The van der Waals surface area contributed by atoms with Gasteiger partial charge in [0.1, 0.15) is 0 Å². The van der Waals surface area contributed by atoms with Gasteiger partial charge in [0.15, 0.2) is 5.84 Å². The Balaban J connectivity index is 2.95. The van der Waals surface area contributed by atoms with Gasteiger partial charge < -0.3 is 16.3 Å². The van der Waals surface area contributed by atoms with Crippen LogP contribution in [0.15, 0.2) is 21.8 Å². The smallest absolute Gasteiger partial charge is 0.161 e. The first-order valence-corrected chi connectivity index (χ1v) is 6.29. The van der Waals surface area contributed by atoms with E-state index in [1.165, 1.54) is 0 Å². The fourth-order valence-electron chi connectivity index (χ4n) is 1.69. The monoisotopic (exact) mass is 299 g/mol. The average molecular weight is 300 g/mol. The molecule has 0 aliphatic rings. The minimum atomic E-state index is -0.153. The largest absolute Gasteiger partial charge is 0.409 e. The van der Waals surface area contributed by atoms with E-state index in [4.69, 9.17) is 10.9 Å². The molecule has 0 radical (unpaired) electrons. The van der Waals surface area contributed by atoms with Crippen molar-refractivity contribution >= 4 is 27.5 Å². The lowest BCUT2D eigenvalue weighted by atomic mass is 10.1. The molecule has 0 saturated heterocycles. The molecule has 0 spiro atoms. The lowest BCUT2D eigenvalue weighted by Gasteiger charge is -2.18. The molecule has 5 heteroatoms. The maximum atomic E-state index is 8.68. The molecule has 0 bridgehead atoms. The number of aryl methyl sites for hydroxylation is 2. The zero-order valence-electron chi connectivity index (χ0n) is 10.3. The fourth-order valence-corrected chi connectivity index (χ4v) is 1.91. The second-order valence-corrected chi connectivity index (χ2v) is 4.85. The quantitative estimate of drug-likeness (QED) is 0.346. The summed E-state index contributed by atoms with van der Waals surface area (Å²) in [5.74, 6) is 0.200. The van der Waals surface area contributed by atoms with Gasteiger partial charge in [0.25, 0.3) is 0 Å². The fraction of sp³-hybridized carbons (Fsp3) is 0.417. The van der Waals surface area contributed by atoms with Crippen LogP contribution >= 0.6 is 15.9 Å². The number of benzene rings is 1. The minimum absolute atomic E-state index is 0.153. The topological polar surface area (TPSA) is 70.6 Å². The van der Waals surface area contributed by atoms with Crippen LogP contribution in [0.5, 0.6) is 0 Å². The van der Waals surface area contributed by atoms with Crippen molar-refractivity contribution in [2.24, 2.45) is 10.9 Å². The first kappa shape index (κ1) is 13.8. The molecule has 94 valence electrons. The maximum absolute atomic E-state index is 8.68. The van der Waals surface area contributed by atoms with Gasteiger partial charge in [-0.3, -0.25) is 0 Å². The summed E-state index contributed by atoms with van der Waals surface area (Å²) in [7, 11) is 0. The zero-order valence-corrected chi connectivity index (χ0v) is 11.9. The van der Waals surface area contributed by atoms with Crippen LogP contribution in [0.3, 0.4) is 0 Å². The van der Waals surface area contributed by atoms with E-state index in [-0.39, 0.29) is 11.9 Å². The molecular weight excluding hydrogens is 282 g/mol. The first-order valence-electron chi connectivity index (χ1n) is 5.50. The number of hydrogen-bond acceptors (Lipinski definition) is 3. The van der Waals surface area contributed by atoms with E-state index in [9.17, 15) is 0 Å². The highest BCUT2D eigenvalue weighted by atomic mass is 79.9. The Morgan fingerprint density at radius 1 is 1.47 bits per heavy atom. The Morgan fingerprint density at radius 2 is 2.00 bits per heavy atom. The van der Waals surface area contributed by atoms with E-state index < -0.39 is 0 Å². The summed E-state index contributed by atoms with van der Waals surface area (Å²) in [6, 6.07) is 3.91. The van der Waals surface area contributed by atoms with E-state index in [1.54, 1.807) is 0 Å². The van der Waals surface area contributed by atoms with Crippen LogP contribution in [0.4, 0.5) is 5.69 Å². The summed E-state index contributed by atoms with van der Waals surface area (Å²) in [6.45, 7) is 6.05. The Morgan fingerprint density at radius 3 is 2.41 bits per heavy atom. The molecular formula is C12H18BrN3O. The van der Waals surface area contributed by atoms with Crippen LogP contribution in [0.25, 0.3) is 0 Å². The molecule has 0 fully saturated rings. The van der Waals surface area contributed by atoms with Gasteiger partial charge in [-0.1, -0.05) is 28.0 Å². The van der Waals surface area contributed by atoms with E-state index in [0.717, 1.165) is 27.7 Å². The Labute approximate surface area is 110 Å². The number of nitrogens with zero attached hydrogens (tertiary/aromatic N) is 1. The van der Waals surface area contributed by atoms with Crippen LogP contribution in [0.1, 0.15) is 24.5 Å². The minimum Gasteiger partial charge on any atom is -0.409 e. The van der Waals surface area contributed by atoms with Gasteiger partial charge in [0.2, 0.25) is 0 Å². The Bertz CT molecular complexity index is 409. The maximum Gasteiger partial charge on any atom is 0.161 e. The second kappa shape index (κ2) is 5.91. The number of rotatable bonds is 4. The van der Waals surface area contributed by atoms with Crippen LogP contribution in [0.2, 0.25) is 0 Å². The third-order valence-electron chi connectivity index (χ3n) is 2.66. The van der Waals surface area contributed by atoms with Crippen molar-refractivity contribution in [2.75, 3.05) is 5.32 Å². The molecule has 1 rings (SSSR count). The van der Waals surface area contributed by atoms with Crippen molar-refractivity contribution in [3.05, 3.63) is 27.7 Å². The summed E-state index contributed by atoms with van der Waals surface area (Å²) >= 11 is 3.52. The van der Waals surface area contributed by atoms with Crippen LogP contribution < -0.4 is 11.1 Å². The van der Waals surface area contributed by atoms with Crippen LogP contribution in [-0.4, -0.2) is 17.1 Å². The van der Waals surface area contributed by atoms with E-state index in [2.05, 4.69) is 26.4 Å². The predicted molar refractivity (Wildman–Crippen MR) is 74.7 cm³/mol. The standard InChI is InChI=1S/C12H18BrN3O/c1-4-10(12(14)16-17)15-9-5-7(2)11(13)8(3)6-9/h5-6,10,15,17H,4H2,1-3H3,(H2,14,16). The van der Waals surface area contributed by atoms with Gasteiger partial charge >= 0.3 is 0 Å². The Hall–Kier alpha value is -1.23. The van der Waals surface area contributed by atoms with Crippen molar-refractivity contribution in [3.8, 4) is 0 Å². The number of nitrogens with one attached hydrogen (secondary N) is 1. The molecule has 0 saturated carbocycles. The molecule has 17 heavy (non-hydrogen) atoms. The second-order valence-electron chi connectivity index (χ2n) is 4.05. The highest BCUT2D eigenvalue weighted by Crippen LogP contribution is 2.25. The van der Waals surface area contributed by atoms with Gasteiger partial charge in [-0.25, -0.2) is 0 Å². The summed E-state index contributed by atoms with van der Waals surface area (Å²) in [5.41, 5.74) is 8.89. The number of oxime groups is 1. The molecule has 4 nitrogen and oxygen atoms in total. The van der Waals surface area contributed by atoms with Gasteiger partial charge in [-0.2, -0.15) is 0 Å². The van der Waals surface area contributed by atoms with Crippen LogP contribution in [-0.2, 0) is 0 Å². The van der Waals surface area contributed by atoms with E-state index in [1.807, 2.05) is 32.9 Å². The molecule has 1 aromatic carbocycles. The SMILES string of the molecule is CCC(Nc1cc(C)c(Br)c(C)c1)/C(N)=N/O. The van der Waals surface area contributed by atoms with Gasteiger partial charge in [0.05, 0.1) is 6.04 Å². The lowest BCUT2D eigenvalue weighted by molar-refractivity contribution is 0.316. The van der Waals surface area contributed by atoms with Gasteiger partial charge in [-0.05, 0) is 43.5 Å². The molecule has 0 heterocycles. The molecule has 1 aromatic rings. The number of hydrogen-bond donors (Lipinski definition) is 3. The molecule has 0 aliphatic carbocycles.